The molecule has 25 heavy (non-hydrogen) atoms. The molecule has 7 nitrogen and oxygen atoms in total. The summed E-state index contributed by atoms with van der Waals surface area (Å²) in [5.41, 5.74) is 7.76. The minimum atomic E-state index is -0.318. The predicted molar refractivity (Wildman–Crippen MR) is 99.3 cm³/mol. The van der Waals surface area contributed by atoms with Gasteiger partial charge in [-0.3, -0.25) is 9.88 Å². The second-order valence-corrected chi connectivity index (χ2v) is 6.74. The summed E-state index contributed by atoms with van der Waals surface area (Å²) in [5.74, 6) is 1.92. The summed E-state index contributed by atoms with van der Waals surface area (Å²) < 4.78 is 0. The first-order valence-corrected chi connectivity index (χ1v) is 8.68. The fourth-order valence-electron chi connectivity index (χ4n) is 3.24. The van der Waals surface area contributed by atoms with Gasteiger partial charge in [0.15, 0.2) is 5.82 Å². The number of nitrogen functional groups attached to an aromatic ring is 1. The summed E-state index contributed by atoms with van der Waals surface area (Å²) in [5, 5.41) is 9.65. The Bertz CT molecular complexity index is 721. The number of pyridine rings is 1. The first kappa shape index (κ1) is 17.6. The average molecular weight is 342 g/mol. The van der Waals surface area contributed by atoms with Crippen LogP contribution in [0.25, 0.3) is 11.5 Å². The molecule has 0 amide bonds. The number of hydrogen-bond donors (Lipinski definition) is 2. The molecule has 0 aromatic carbocycles. The smallest absolute Gasteiger partial charge is 0.182 e. The van der Waals surface area contributed by atoms with Crippen LogP contribution < -0.4 is 10.6 Å². The van der Waals surface area contributed by atoms with Crippen molar-refractivity contribution < 1.29 is 5.11 Å². The highest BCUT2D eigenvalue weighted by atomic mass is 16.3. The zero-order valence-corrected chi connectivity index (χ0v) is 15.1. The molecule has 2 atom stereocenters. The zero-order chi connectivity index (χ0) is 18.0. The lowest BCUT2D eigenvalue weighted by molar-refractivity contribution is 0.0958. The van der Waals surface area contributed by atoms with Crippen molar-refractivity contribution in [3.05, 3.63) is 30.0 Å². The van der Waals surface area contributed by atoms with Crippen molar-refractivity contribution in [3.8, 4) is 11.5 Å². The average Bonchev–Trinajstić information content (AvgIpc) is 2.59. The lowest BCUT2D eigenvalue weighted by Gasteiger charge is -2.41. The highest BCUT2D eigenvalue weighted by Gasteiger charge is 2.27. The maximum Gasteiger partial charge on any atom is 0.182 e. The van der Waals surface area contributed by atoms with Gasteiger partial charge in [0, 0.05) is 44.0 Å². The topological polar surface area (TPSA) is 91.4 Å². The number of aromatic nitrogens is 3. The van der Waals surface area contributed by atoms with Crippen LogP contribution in [0.2, 0.25) is 0 Å². The third kappa shape index (κ3) is 3.88. The van der Waals surface area contributed by atoms with Gasteiger partial charge in [-0.1, -0.05) is 6.07 Å². The van der Waals surface area contributed by atoms with Gasteiger partial charge in [0.05, 0.1) is 6.10 Å². The number of anilines is 2. The van der Waals surface area contributed by atoms with Crippen LogP contribution in [0.5, 0.6) is 0 Å². The summed E-state index contributed by atoms with van der Waals surface area (Å²) in [6.45, 7) is 9.22. The van der Waals surface area contributed by atoms with Gasteiger partial charge in [-0.25, -0.2) is 9.97 Å². The molecule has 1 aliphatic rings. The molecule has 7 heteroatoms. The largest absolute Gasteiger partial charge is 0.392 e. The fraction of sp³-hybridized carbons (Fsp3) is 0.500. The molecule has 3 rings (SSSR count). The van der Waals surface area contributed by atoms with Crippen molar-refractivity contribution in [1.29, 1.82) is 0 Å². The Balaban J connectivity index is 1.86. The summed E-state index contributed by atoms with van der Waals surface area (Å²) in [6.07, 6.45) is 1.41. The first-order valence-electron chi connectivity index (χ1n) is 8.68. The molecule has 134 valence electrons. The van der Waals surface area contributed by atoms with Crippen LogP contribution in [0.15, 0.2) is 24.4 Å². The van der Waals surface area contributed by atoms with E-state index in [4.69, 9.17) is 10.7 Å². The minimum absolute atomic E-state index is 0.318. The maximum absolute atomic E-state index is 9.65. The van der Waals surface area contributed by atoms with Gasteiger partial charge >= 0.3 is 0 Å². The van der Waals surface area contributed by atoms with Gasteiger partial charge < -0.3 is 15.7 Å². The number of hydrogen-bond acceptors (Lipinski definition) is 7. The summed E-state index contributed by atoms with van der Waals surface area (Å²) in [7, 11) is 0. The highest BCUT2D eigenvalue weighted by molar-refractivity contribution is 5.63. The van der Waals surface area contributed by atoms with Crippen LogP contribution in [-0.4, -0.2) is 63.3 Å². The molecule has 1 saturated heterocycles. The molecule has 2 unspecified atom stereocenters. The standard InChI is InChI=1S/C18H26N6O/c1-12-10-24(9-8-23(12)11-13(2)25)18-14(3)16(19)21-17(22-18)15-6-4-5-7-20-15/h4-7,12-13,25H,8-11H2,1-3H3,(H2,19,21,22). The Morgan fingerprint density at radius 3 is 2.76 bits per heavy atom. The van der Waals surface area contributed by atoms with Crippen molar-refractivity contribution in [3.63, 3.8) is 0 Å². The van der Waals surface area contributed by atoms with Crippen LogP contribution in [0, 0.1) is 6.92 Å². The van der Waals surface area contributed by atoms with Gasteiger partial charge in [0.2, 0.25) is 0 Å². The number of rotatable bonds is 4. The molecule has 0 aliphatic carbocycles. The lowest BCUT2D eigenvalue weighted by atomic mass is 10.1. The van der Waals surface area contributed by atoms with Crippen LogP contribution >= 0.6 is 0 Å². The monoisotopic (exact) mass is 342 g/mol. The molecule has 2 aromatic rings. The van der Waals surface area contributed by atoms with Gasteiger partial charge in [-0.05, 0) is 32.9 Å². The summed E-state index contributed by atoms with van der Waals surface area (Å²) >= 11 is 0. The van der Waals surface area contributed by atoms with Gasteiger partial charge in [0.1, 0.15) is 17.3 Å². The second-order valence-electron chi connectivity index (χ2n) is 6.74. The third-order valence-electron chi connectivity index (χ3n) is 4.62. The maximum atomic E-state index is 9.65. The van der Waals surface area contributed by atoms with Crippen molar-refractivity contribution in [2.24, 2.45) is 0 Å². The fourth-order valence-corrected chi connectivity index (χ4v) is 3.24. The molecule has 3 N–H and O–H groups in total. The number of nitrogens with two attached hydrogens (primary N) is 1. The first-order chi connectivity index (χ1) is 12.0. The van der Waals surface area contributed by atoms with E-state index in [-0.39, 0.29) is 6.10 Å². The Hall–Kier alpha value is -2.25. The number of β-amino-alcohol motifs (C(OH)–C–C–N with tert-alkyl or cyclic N) is 1. The summed E-state index contributed by atoms with van der Waals surface area (Å²) in [6, 6.07) is 6.00. The van der Waals surface area contributed by atoms with Gasteiger partial charge in [-0.2, -0.15) is 0 Å². The zero-order valence-electron chi connectivity index (χ0n) is 15.1. The summed E-state index contributed by atoms with van der Waals surface area (Å²) in [4.78, 5) is 18.0. The Morgan fingerprint density at radius 2 is 2.12 bits per heavy atom. The third-order valence-corrected chi connectivity index (χ3v) is 4.62. The van der Waals surface area contributed by atoms with E-state index in [1.165, 1.54) is 0 Å². The number of aliphatic hydroxyl groups is 1. The molecule has 0 spiro atoms. The van der Waals surface area contributed by atoms with E-state index in [1.54, 1.807) is 6.20 Å². The van der Waals surface area contributed by atoms with Crippen molar-refractivity contribution in [2.45, 2.75) is 32.9 Å². The SMILES string of the molecule is Cc1c(N)nc(-c2ccccn2)nc1N1CCN(CC(C)O)C(C)C1. The molecular weight excluding hydrogens is 316 g/mol. The Morgan fingerprint density at radius 1 is 1.32 bits per heavy atom. The van der Waals surface area contributed by atoms with E-state index in [0.29, 0.717) is 24.2 Å². The molecule has 2 aromatic heterocycles. The Labute approximate surface area is 148 Å². The molecular formula is C18H26N6O. The number of nitrogens with zero attached hydrogens (tertiary/aromatic N) is 5. The minimum Gasteiger partial charge on any atom is -0.392 e. The van der Waals surface area contributed by atoms with Gasteiger partial charge in [-0.15, -0.1) is 0 Å². The lowest BCUT2D eigenvalue weighted by Crippen LogP contribution is -2.54. The molecule has 1 aliphatic heterocycles. The predicted octanol–water partition coefficient (Wildman–Crippen LogP) is 1.32. The molecule has 1 fully saturated rings. The van der Waals surface area contributed by atoms with Crippen LogP contribution in [0.3, 0.4) is 0 Å². The van der Waals surface area contributed by atoms with E-state index in [0.717, 1.165) is 36.7 Å². The highest BCUT2D eigenvalue weighted by Crippen LogP contribution is 2.27. The molecule has 0 radical (unpaired) electrons. The van der Waals surface area contributed by atoms with E-state index >= 15 is 0 Å². The van der Waals surface area contributed by atoms with Crippen molar-refractivity contribution >= 4 is 11.6 Å². The second kappa shape index (κ2) is 7.33. The van der Waals surface area contributed by atoms with Crippen LogP contribution in [0.1, 0.15) is 19.4 Å². The Kier molecular flexibility index (Phi) is 5.15. The van der Waals surface area contributed by atoms with Crippen molar-refractivity contribution in [1.82, 2.24) is 19.9 Å². The molecule has 0 bridgehead atoms. The van der Waals surface area contributed by atoms with Crippen molar-refractivity contribution in [2.75, 3.05) is 36.8 Å². The van der Waals surface area contributed by atoms with E-state index in [1.807, 2.05) is 32.0 Å². The van der Waals surface area contributed by atoms with E-state index in [9.17, 15) is 5.11 Å². The normalized spacial score (nSPS) is 19.8. The molecule has 3 heterocycles. The number of aliphatic hydroxyl groups excluding tert-OH is 1. The van der Waals surface area contributed by atoms with E-state index < -0.39 is 0 Å². The van der Waals surface area contributed by atoms with E-state index in [2.05, 4.69) is 26.7 Å². The van der Waals surface area contributed by atoms with Crippen LogP contribution in [0.4, 0.5) is 11.6 Å². The quantitative estimate of drug-likeness (QED) is 0.866. The molecule has 0 saturated carbocycles. The van der Waals surface area contributed by atoms with Gasteiger partial charge in [0.25, 0.3) is 0 Å². The number of piperazine rings is 1. The van der Waals surface area contributed by atoms with Crippen LogP contribution in [-0.2, 0) is 0 Å².